The lowest BCUT2D eigenvalue weighted by molar-refractivity contribution is 0.869. The highest BCUT2D eigenvalue weighted by Crippen LogP contribution is 2.33. The van der Waals surface area contributed by atoms with Crippen LogP contribution in [0, 0.1) is 6.92 Å². The number of fused-ring (bicyclic) bond motifs is 1. The number of aryl methyl sites for hydroxylation is 1. The fraction of sp³-hybridized carbons (Fsp3) is 0.250. The molecule has 25 heavy (non-hydrogen) atoms. The SMILES string of the molecule is Cc1ccc2c(/C=C/c3ccc(N(C)C)cc3)ccc(C(C)C)cc1-2. The van der Waals surface area contributed by atoms with Crippen LogP contribution in [0.5, 0.6) is 0 Å². The van der Waals surface area contributed by atoms with E-state index >= 15 is 0 Å². The predicted octanol–water partition coefficient (Wildman–Crippen LogP) is 6.46. The molecule has 2 aliphatic carbocycles. The Morgan fingerprint density at radius 3 is 2.16 bits per heavy atom. The number of hydrogen-bond acceptors (Lipinski definition) is 1. The highest BCUT2D eigenvalue weighted by Gasteiger charge is 2.10. The first-order valence-electron chi connectivity index (χ1n) is 8.94. The molecule has 0 heterocycles. The van der Waals surface area contributed by atoms with Gasteiger partial charge in [0.15, 0.2) is 0 Å². The van der Waals surface area contributed by atoms with Crippen LogP contribution < -0.4 is 4.90 Å². The van der Waals surface area contributed by atoms with Crippen LogP contribution in [0.25, 0.3) is 23.3 Å². The Morgan fingerprint density at radius 2 is 1.52 bits per heavy atom. The van der Waals surface area contributed by atoms with Crippen molar-refractivity contribution in [3.8, 4) is 11.1 Å². The zero-order valence-electron chi connectivity index (χ0n) is 15.9. The third-order valence-electron chi connectivity index (χ3n) is 4.82. The zero-order valence-corrected chi connectivity index (χ0v) is 15.9. The van der Waals surface area contributed by atoms with Crippen molar-refractivity contribution >= 4 is 17.8 Å². The predicted molar refractivity (Wildman–Crippen MR) is 112 cm³/mol. The van der Waals surface area contributed by atoms with Gasteiger partial charge >= 0.3 is 0 Å². The molecule has 0 aliphatic heterocycles. The van der Waals surface area contributed by atoms with Crippen LogP contribution in [0.2, 0.25) is 0 Å². The first-order chi connectivity index (χ1) is 12.0. The van der Waals surface area contributed by atoms with Gasteiger partial charge in [0.05, 0.1) is 0 Å². The number of anilines is 1. The molecule has 0 amide bonds. The summed E-state index contributed by atoms with van der Waals surface area (Å²) < 4.78 is 0. The van der Waals surface area contributed by atoms with Gasteiger partial charge in [-0.1, -0.05) is 68.5 Å². The molecule has 1 aromatic rings. The summed E-state index contributed by atoms with van der Waals surface area (Å²) in [5.41, 5.74) is 9.12. The molecule has 0 bridgehead atoms. The molecular formula is C24H27N. The maximum Gasteiger partial charge on any atom is 0.0361 e. The van der Waals surface area contributed by atoms with Crippen molar-refractivity contribution < 1.29 is 0 Å². The molecule has 1 nitrogen and oxygen atoms in total. The highest BCUT2D eigenvalue weighted by atomic mass is 15.1. The summed E-state index contributed by atoms with van der Waals surface area (Å²) in [7, 11) is 4.13. The maximum atomic E-state index is 2.35. The summed E-state index contributed by atoms with van der Waals surface area (Å²) in [5.74, 6) is 0.528. The van der Waals surface area contributed by atoms with Gasteiger partial charge in [0.2, 0.25) is 0 Å². The van der Waals surface area contributed by atoms with E-state index in [1.165, 1.54) is 39.1 Å². The van der Waals surface area contributed by atoms with Gasteiger partial charge in [0, 0.05) is 19.8 Å². The van der Waals surface area contributed by atoms with Gasteiger partial charge in [-0.25, -0.2) is 0 Å². The maximum absolute atomic E-state index is 2.35. The van der Waals surface area contributed by atoms with Crippen LogP contribution in [-0.4, -0.2) is 14.1 Å². The Labute approximate surface area is 152 Å². The molecule has 128 valence electrons. The van der Waals surface area contributed by atoms with E-state index in [1.807, 2.05) is 0 Å². The molecule has 0 fully saturated rings. The minimum absolute atomic E-state index is 0.528. The Kier molecular flexibility index (Phi) is 4.94. The lowest BCUT2D eigenvalue weighted by Crippen LogP contribution is -2.07. The fourth-order valence-corrected chi connectivity index (χ4v) is 3.11. The number of benzene rings is 1. The molecule has 2 aliphatic rings. The molecular weight excluding hydrogens is 302 g/mol. The lowest BCUT2D eigenvalue weighted by atomic mass is 10.0. The second-order valence-electron chi connectivity index (χ2n) is 7.25. The van der Waals surface area contributed by atoms with Gasteiger partial charge in [0.1, 0.15) is 0 Å². The normalized spacial score (nSPS) is 11.6. The van der Waals surface area contributed by atoms with Crippen LogP contribution in [0.3, 0.4) is 0 Å². The van der Waals surface area contributed by atoms with Crippen LogP contribution in [0.4, 0.5) is 5.69 Å². The van der Waals surface area contributed by atoms with Crippen LogP contribution in [-0.2, 0) is 0 Å². The minimum atomic E-state index is 0.528. The topological polar surface area (TPSA) is 3.24 Å². The van der Waals surface area contributed by atoms with Crippen molar-refractivity contribution in [2.45, 2.75) is 26.7 Å². The molecule has 0 saturated carbocycles. The van der Waals surface area contributed by atoms with Gasteiger partial charge in [-0.2, -0.15) is 0 Å². The second-order valence-corrected chi connectivity index (χ2v) is 7.25. The third-order valence-corrected chi connectivity index (χ3v) is 4.82. The van der Waals surface area contributed by atoms with E-state index in [4.69, 9.17) is 0 Å². The molecule has 0 N–H and O–H groups in total. The number of rotatable bonds is 4. The van der Waals surface area contributed by atoms with E-state index in [0.717, 1.165) is 0 Å². The summed E-state index contributed by atoms with van der Waals surface area (Å²) in [6.07, 6.45) is 4.43. The zero-order chi connectivity index (χ0) is 18.0. The molecule has 1 heteroatoms. The van der Waals surface area contributed by atoms with Crippen molar-refractivity contribution in [2.24, 2.45) is 0 Å². The van der Waals surface area contributed by atoms with Gasteiger partial charge in [-0.15, -0.1) is 0 Å². The molecule has 0 atom stereocenters. The van der Waals surface area contributed by atoms with E-state index in [1.54, 1.807) is 0 Å². The first-order valence-corrected chi connectivity index (χ1v) is 8.94. The van der Waals surface area contributed by atoms with E-state index in [-0.39, 0.29) is 0 Å². The molecule has 1 aromatic carbocycles. The smallest absolute Gasteiger partial charge is 0.0361 e. The van der Waals surface area contributed by atoms with Gasteiger partial charge in [-0.05, 0) is 58.4 Å². The summed E-state index contributed by atoms with van der Waals surface area (Å²) in [6, 6.07) is 20.0. The largest absolute Gasteiger partial charge is 0.378 e. The van der Waals surface area contributed by atoms with Gasteiger partial charge in [0.25, 0.3) is 0 Å². The fourth-order valence-electron chi connectivity index (χ4n) is 3.11. The first kappa shape index (κ1) is 17.3. The summed E-state index contributed by atoms with van der Waals surface area (Å²) in [4.78, 5) is 2.12. The van der Waals surface area contributed by atoms with Crippen molar-refractivity contribution in [3.63, 3.8) is 0 Å². The Morgan fingerprint density at radius 1 is 0.800 bits per heavy atom. The summed E-state index contributed by atoms with van der Waals surface area (Å²) in [6.45, 7) is 6.70. The third kappa shape index (κ3) is 3.76. The molecule has 0 saturated heterocycles. The Hall–Kier alpha value is -2.54. The van der Waals surface area contributed by atoms with Crippen LogP contribution >= 0.6 is 0 Å². The average Bonchev–Trinajstić information content (AvgIpc) is 2.84. The van der Waals surface area contributed by atoms with Crippen LogP contribution in [0.1, 0.15) is 42.0 Å². The van der Waals surface area contributed by atoms with Gasteiger partial charge < -0.3 is 4.90 Å². The molecule has 0 spiro atoms. The van der Waals surface area contributed by atoms with Crippen molar-refractivity contribution in [2.75, 3.05) is 19.0 Å². The van der Waals surface area contributed by atoms with E-state index < -0.39 is 0 Å². The van der Waals surface area contributed by atoms with Crippen molar-refractivity contribution in [1.29, 1.82) is 0 Å². The lowest BCUT2D eigenvalue weighted by Gasteiger charge is -2.11. The average molecular weight is 329 g/mol. The minimum Gasteiger partial charge on any atom is -0.378 e. The van der Waals surface area contributed by atoms with E-state index in [2.05, 4.69) is 107 Å². The summed E-state index contributed by atoms with van der Waals surface area (Å²) in [5, 5.41) is 0. The van der Waals surface area contributed by atoms with E-state index in [9.17, 15) is 0 Å². The quantitative estimate of drug-likeness (QED) is 0.531. The number of hydrogen-bond donors (Lipinski definition) is 0. The van der Waals surface area contributed by atoms with Crippen LogP contribution in [0.15, 0.2) is 54.6 Å². The van der Waals surface area contributed by atoms with Gasteiger partial charge in [-0.3, -0.25) is 0 Å². The van der Waals surface area contributed by atoms with Crippen molar-refractivity contribution in [1.82, 2.24) is 0 Å². The molecule has 0 unspecified atom stereocenters. The standard InChI is InChI=1S/C24H27N/c1-17(2)21-12-11-20(23-15-6-18(3)24(23)16-21)10-7-19-8-13-22(14-9-19)25(4)5/h6-17H,1-5H3/b10-7+. The molecule has 0 radical (unpaired) electrons. The second kappa shape index (κ2) is 7.14. The Balaban J connectivity index is 1.98. The molecule has 0 aromatic heterocycles. The highest BCUT2D eigenvalue weighted by molar-refractivity contribution is 5.84. The summed E-state index contributed by atoms with van der Waals surface area (Å²) >= 11 is 0. The molecule has 3 rings (SSSR count). The Bertz CT molecular complexity index is 854. The monoisotopic (exact) mass is 329 g/mol. The number of nitrogens with zero attached hydrogens (tertiary/aromatic N) is 1. The van der Waals surface area contributed by atoms with E-state index in [0.29, 0.717) is 5.92 Å². The van der Waals surface area contributed by atoms with Crippen molar-refractivity contribution in [3.05, 3.63) is 76.9 Å².